The number of carbonyl (C=O) groups excluding carboxylic acids is 1. The Labute approximate surface area is 143 Å². The highest BCUT2D eigenvalue weighted by molar-refractivity contribution is 6.49. The molecule has 1 aromatic heterocycles. The molecule has 0 unspecified atom stereocenters. The summed E-state index contributed by atoms with van der Waals surface area (Å²) in [6, 6.07) is 6.07. The molecule has 6 heteroatoms. The van der Waals surface area contributed by atoms with Crippen molar-refractivity contribution in [3.63, 3.8) is 0 Å². The van der Waals surface area contributed by atoms with Crippen LogP contribution in [0.3, 0.4) is 0 Å². The Morgan fingerprint density at radius 2 is 2.00 bits per heavy atom. The number of fused-ring (bicyclic) bond motifs is 1. The molecule has 2 aromatic rings. The predicted molar refractivity (Wildman–Crippen MR) is 90.4 cm³/mol. The van der Waals surface area contributed by atoms with Crippen LogP contribution in [-0.4, -0.2) is 17.4 Å². The Bertz CT molecular complexity index is 761. The molecule has 22 heavy (non-hydrogen) atoms. The summed E-state index contributed by atoms with van der Waals surface area (Å²) < 4.78 is 0. The highest BCUT2D eigenvalue weighted by Crippen LogP contribution is 2.34. The highest BCUT2D eigenvalue weighted by Gasteiger charge is 2.27. The summed E-state index contributed by atoms with van der Waals surface area (Å²) in [6.07, 6.45) is 3.22. The first-order valence-corrected chi connectivity index (χ1v) is 8.03. The first kappa shape index (κ1) is 15.6. The number of aromatic nitrogens is 1. The second kappa shape index (κ2) is 6.07. The molecule has 3 rings (SSSR count). The van der Waals surface area contributed by atoms with E-state index in [1.165, 1.54) is 11.8 Å². The average molecular weight is 356 g/mol. The molecule has 1 aliphatic heterocycles. The van der Waals surface area contributed by atoms with E-state index in [-0.39, 0.29) is 26.7 Å². The average Bonchev–Trinajstić information content (AvgIpc) is 2.51. The number of aryl methyl sites for hydroxylation is 2. The van der Waals surface area contributed by atoms with Gasteiger partial charge in [-0.3, -0.25) is 4.79 Å². The van der Waals surface area contributed by atoms with E-state index >= 15 is 0 Å². The Morgan fingerprint density at radius 3 is 2.77 bits per heavy atom. The molecular formula is C16H13Cl3N2O. The van der Waals surface area contributed by atoms with Crippen molar-refractivity contribution in [1.82, 2.24) is 4.98 Å². The third-order valence-corrected chi connectivity index (χ3v) is 4.96. The summed E-state index contributed by atoms with van der Waals surface area (Å²) in [5, 5.41) is 0.485. The molecule has 0 bridgehead atoms. The number of carbonyl (C=O) groups is 1. The number of benzene rings is 1. The van der Waals surface area contributed by atoms with Gasteiger partial charge >= 0.3 is 0 Å². The number of amides is 1. The second-order valence-corrected chi connectivity index (χ2v) is 6.44. The zero-order chi connectivity index (χ0) is 15.9. The maximum atomic E-state index is 12.8. The predicted octanol–water partition coefficient (Wildman–Crippen LogP) is 4.94. The smallest absolute Gasteiger partial charge is 0.278 e. The van der Waals surface area contributed by atoms with Crippen molar-refractivity contribution in [1.29, 1.82) is 0 Å². The van der Waals surface area contributed by atoms with E-state index in [2.05, 4.69) is 11.1 Å². The van der Waals surface area contributed by atoms with Gasteiger partial charge in [-0.05, 0) is 31.4 Å². The molecule has 0 atom stereocenters. The Kier molecular flexibility index (Phi) is 4.31. The zero-order valence-electron chi connectivity index (χ0n) is 11.9. The molecule has 0 saturated heterocycles. The van der Waals surface area contributed by atoms with E-state index in [4.69, 9.17) is 34.8 Å². The van der Waals surface area contributed by atoms with E-state index in [9.17, 15) is 4.79 Å². The number of nitrogens with zero attached hydrogens (tertiary/aromatic N) is 2. The topological polar surface area (TPSA) is 33.2 Å². The molecule has 0 spiro atoms. The van der Waals surface area contributed by atoms with Gasteiger partial charge in [-0.2, -0.15) is 0 Å². The first-order valence-electron chi connectivity index (χ1n) is 6.90. The zero-order valence-corrected chi connectivity index (χ0v) is 14.1. The molecule has 0 saturated carbocycles. The molecule has 0 radical (unpaired) electrons. The first-order chi connectivity index (χ1) is 10.5. The number of hydrogen-bond acceptors (Lipinski definition) is 2. The summed E-state index contributed by atoms with van der Waals surface area (Å²) in [7, 11) is 0. The van der Waals surface area contributed by atoms with Crippen LogP contribution in [0.15, 0.2) is 24.4 Å². The van der Waals surface area contributed by atoms with Crippen LogP contribution in [0.5, 0.6) is 0 Å². The maximum Gasteiger partial charge on any atom is 0.278 e. The largest absolute Gasteiger partial charge is 0.307 e. The minimum absolute atomic E-state index is 0.0957. The molecule has 2 heterocycles. The number of hydrogen-bond donors (Lipinski definition) is 0. The lowest BCUT2D eigenvalue weighted by atomic mass is 9.99. The van der Waals surface area contributed by atoms with Crippen molar-refractivity contribution >= 4 is 46.4 Å². The van der Waals surface area contributed by atoms with Gasteiger partial charge in [0.25, 0.3) is 5.91 Å². The Hall–Kier alpha value is -1.29. The molecule has 0 aliphatic carbocycles. The number of pyridine rings is 1. The molecule has 0 fully saturated rings. The molecular weight excluding hydrogens is 343 g/mol. The normalized spacial score (nSPS) is 13.9. The van der Waals surface area contributed by atoms with Crippen LogP contribution in [-0.2, 0) is 6.42 Å². The van der Waals surface area contributed by atoms with Crippen LogP contribution in [0, 0.1) is 6.92 Å². The van der Waals surface area contributed by atoms with Crippen LogP contribution >= 0.6 is 34.8 Å². The van der Waals surface area contributed by atoms with E-state index in [1.54, 1.807) is 4.90 Å². The lowest BCUT2D eigenvalue weighted by Gasteiger charge is -2.29. The van der Waals surface area contributed by atoms with Crippen LogP contribution in [0.2, 0.25) is 15.1 Å². The minimum atomic E-state index is -0.256. The maximum absolute atomic E-state index is 12.8. The fourth-order valence-electron chi connectivity index (χ4n) is 2.66. The van der Waals surface area contributed by atoms with Gasteiger partial charge in [-0.1, -0.05) is 52.5 Å². The third-order valence-electron chi connectivity index (χ3n) is 3.72. The van der Waals surface area contributed by atoms with Crippen molar-refractivity contribution in [3.05, 3.63) is 56.3 Å². The van der Waals surface area contributed by atoms with Gasteiger partial charge in [-0.15, -0.1) is 0 Å². The summed E-state index contributed by atoms with van der Waals surface area (Å²) in [5.41, 5.74) is 3.38. The van der Waals surface area contributed by atoms with Gasteiger partial charge in [0, 0.05) is 18.4 Å². The van der Waals surface area contributed by atoms with E-state index in [0.29, 0.717) is 6.54 Å². The van der Waals surface area contributed by atoms with Gasteiger partial charge < -0.3 is 4.90 Å². The fraction of sp³-hybridized carbons (Fsp3) is 0.250. The third kappa shape index (κ3) is 2.69. The van der Waals surface area contributed by atoms with Crippen molar-refractivity contribution in [2.45, 2.75) is 19.8 Å². The molecule has 1 aliphatic rings. The van der Waals surface area contributed by atoms with Crippen LogP contribution < -0.4 is 4.90 Å². The van der Waals surface area contributed by atoms with Crippen molar-refractivity contribution in [2.75, 3.05) is 11.4 Å². The monoisotopic (exact) mass is 354 g/mol. The van der Waals surface area contributed by atoms with Gasteiger partial charge in [-0.25, -0.2) is 4.98 Å². The molecule has 1 aromatic carbocycles. The van der Waals surface area contributed by atoms with E-state index in [1.807, 2.05) is 19.1 Å². The molecule has 1 amide bonds. The number of anilines is 1. The Balaban J connectivity index is 2.03. The second-order valence-electron chi connectivity index (χ2n) is 5.28. The van der Waals surface area contributed by atoms with Crippen LogP contribution in [0.4, 0.5) is 5.69 Å². The van der Waals surface area contributed by atoms with Gasteiger partial charge in [0.15, 0.2) is 0 Å². The van der Waals surface area contributed by atoms with Crippen molar-refractivity contribution in [3.8, 4) is 0 Å². The van der Waals surface area contributed by atoms with Gasteiger partial charge in [0.05, 0.1) is 15.1 Å². The quantitative estimate of drug-likeness (QED) is 0.725. The molecule has 114 valence electrons. The standard InChI is InChI=1S/C16H13Cl3N2O/c1-9-4-5-12-10(7-9)3-2-6-21(12)16(22)15-14(19)13(18)11(17)8-20-15/h4-5,7-8H,2-3,6H2,1H3. The fourth-order valence-corrected chi connectivity index (χ4v) is 3.22. The van der Waals surface area contributed by atoms with Crippen LogP contribution in [0.1, 0.15) is 28.0 Å². The summed E-state index contributed by atoms with van der Waals surface area (Å²) in [6.45, 7) is 2.67. The van der Waals surface area contributed by atoms with E-state index < -0.39 is 0 Å². The highest BCUT2D eigenvalue weighted by atomic mass is 35.5. The molecule has 3 nitrogen and oxygen atoms in total. The van der Waals surface area contributed by atoms with E-state index in [0.717, 1.165) is 24.1 Å². The van der Waals surface area contributed by atoms with Crippen molar-refractivity contribution in [2.24, 2.45) is 0 Å². The Morgan fingerprint density at radius 1 is 1.23 bits per heavy atom. The summed E-state index contributed by atoms with van der Waals surface area (Å²) >= 11 is 18.0. The number of rotatable bonds is 1. The van der Waals surface area contributed by atoms with Gasteiger partial charge in [0.2, 0.25) is 0 Å². The summed E-state index contributed by atoms with van der Waals surface area (Å²) in [4.78, 5) is 18.6. The molecule has 0 N–H and O–H groups in total. The summed E-state index contributed by atoms with van der Waals surface area (Å²) in [5.74, 6) is -0.256. The number of halogens is 3. The van der Waals surface area contributed by atoms with Crippen LogP contribution in [0.25, 0.3) is 0 Å². The SMILES string of the molecule is Cc1ccc2c(c1)CCCN2C(=O)c1ncc(Cl)c(Cl)c1Cl. The van der Waals surface area contributed by atoms with Gasteiger partial charge in [0.1, 0.15) is 5.69 Å². The lowest BCUT2D eigenvalue weighted by Crippen LogP contribution is -2.36. The van der Waals surface area contributed by atoms with Crippen molar-refractivity contribution < 1.29 is 4.79 Å². The lowest BCUT2D eigenvalue weighted by molar-refractivity contribution is 0.0980. The minimum Gasteiger partial charge on any atom is -0.307 e.